The Balaban J connectivity index is 1.09. The van der Waals surface area contributed by atoms with Crippen LogP contribution in [0.15, 0.2) is 247 Å². The smallest absolute Gasteiger partial charge is 0.135 e. The minimum atomic E-state index is -0.752. The van der Waals surface area contributed by atoms with E-state index < -0.39 is 5.41 Å². The maximum atomic E-state index is 7.30. The molecule has 3 aliphatic rings. The van der Waals surface area contributed by atoms with Crippen molar-refractivity contribution in [2.24, 2.45) is 0 Å². The zero-order valence-corrected chi connectivity index (χ0v) is 36.3. The van der Waals surface area contributed by atoms with Crippen LogP contribution in [0, 0.1) is 0 Å². The average Bonchev–Trinajstić information content (AvgIpc) is 4.02. The van der Waals surface area contributed by atoms with Crippen LogP contribution in [-0.2, 0) is 5.41 Å². The lowest BCUT2D eigenvalue weighted by molar-refractivity contribution is 0.507. The van der Waals surface area contributed by atoms with Crippen LogP contribution >= 0.6 is 0 Å². The highest BCUT2D eigenvalue weighted by Crippen LogP contribution is 2.67. The third-order valence-corrected chi connectivity index (χ3v) is 13.9. The summed E-state index contributed by atoms with van der Waals surface area (Å²) in [6.45, 7) is 0. The summed E-state index contributed by atoms with van der Waals surface area (Å²) in [5.41, 5.74) is 20.1. The number of hydrogen-bond acceptors (Lipinski definition) is 3. The highest BCUT2D eigenvalue weighted by Gasteiger charge is 2.56. The Hall–Kier alpha value is -8.40. The van der Waals surface area contributed by atoms with E-state index in [9.17, 15) is 0 Å². The van der Waals surface area contributed by atoms with Gasteiger partial charge in [-0.1, -0.05) is 176 Å². The highest BCUT2D eigenvalue weighted by molar-refractivity contribution is 6.07. The first kappa shape index (κ1) is 38.1. The molecule has 9 aromatic carbocycles. The van der Waals surface area contributed by atoms with Crippen molar-refractivity contribution in [2.45, 2.75) is 18.3 Å². The van der Waals surface area contributed by atoms with Crippen LogP contribution in [0.4, 0.5) is 34.1 Å². The summed E-state index contributed by atoms with van der Waals surface area (Å²) in [5, 5.41) is 1.13. The standard InChI is InChI=1S/C63H44N2O/c1-5-20-43(21-6-1)44-36-38-48(39-37-44)65(57-33-17-14-28-50(57)45-22-7-2-8-23-45)49-40-41-52-56(42-49)63(62-60(52)53-30-15-18-35-59(53)66-62)54-31-16-13-29-51(54)61-55(63)32-19-34-58(61)64(46-24-9-3-10-25-46)47-26-11-4-12-27-47/h1,3-7,9-42H,2,8H2. The lowest BCUT2D eigenvalue weighted by Crippen LogP contribution is -2.26. The number of furan rings is 1. The van der Waals surface area contributed by atoms with E-state index in [-0.39, 0.29) is 0 Å². The molecule has 1 aromatic heterocycles. The van der Waals surface area contributed by atoms with Crippen LogP contribution in [0.5, 0.6) is 0 Å². The van der Waals surface area contributed by atoms with Gasteiger partial charge in [0.05, 0.1) is 11.4 Å². The van der Waals surface area contributed by atoms with Crippen molar-refractivity contribution in [3.63, 3.8) is 0 Å². The van der Waals surface area contributed by atoms with Crippen molar-refractivity contribution in [2.75, 3.05) is 9.80 Å². The van der Waals surface area contributed by atoms with Crippen LogP contribution in [0.2, 0.25) is 0 Å². The first-order chi connectivity index (χ1) is 32.8. The quantitative estimate of drug-likeness (QED) is 0.152. The van der Waals surface area contributed by atoms with Crippen LogP contribution in [-0.4, -0.2) is 0 Å². The fourth-order valence-electron chi connectivity index (χ4n) is 11.1. The maximum Gasteiger partial charge on any atom is 0.135 e. The van der Waals surface area contributed by atoms with Gasteiger partial charge < -0.3 is 14.2 Å². The predicted molar refractivity (Wildman–Crippen MR) is 274 cm³/mol. The minimum Gasteiger partial charge on any atom is -0.459 e. The van der Waals surface area contributed by atoms with Gasteiger partial charge in [-0.05, 0) is 124 Å². The van der Waals surface area contributed by atoms with Gasteiger partial charge in [0.1, 0.15) is 16.8 Å². The van der Waals surface area contributed by atoms with E-state index in [4.69, 9.17) is 4.42 Å². The van der Waals surface area contributed by atoms with Crippen molar-refractivity contribution < 1.29 is 4.42 Å². The van der Waals surface area contributed by atoms with E-state index in [1.165, 1.54) is 61.2 Å². The molecule has 3 nitrogen and oxygen atoms in total. The Labute approximate surface area is 385 Å². The molecule has 1 spiro atoms. The second-order valence-corrected chi connectivity index (χ2v) is 17.4. The minimum absolute atomic E-state index is 0.752. The van der Waals surface area contributed by atoms with Gasteiger partial charge in [-0.25, -0.2) is 0 Å². The molecule has 0 amide bonds. The maximum absolute atomic E-state index is 7.30. The molecule has 0 N–H and O–H groups in total. The van der Waals surface area contributed by atoms with Gasteiger partial charge >= 0.3 is 0 Å². The molecule has 0 radical (unpaired) electrons. The average molecular weight is 845 g/mol. The van der Waals surface area contributed by atoms with E-state index in [1.54, 1.807) is 0 Å². The van der Waals surface area contributed by atoms with Crippen LogP contribution in [0.3, 0.4) is 0 Å². The highest BCUT2D eigenvalue weighted by atomic mass is 16.3. The van der Waals surface area contributed by atoms with Crippen molar-refractivity contribution in [1.82, 2.24) is 0 Å². The van der Waals surface area contributed by atoms with Crippen molar-refractivity contribution in [1.29, 1.82) is 0 Å². The van der Waals surface area contributed by atoms with E-state index in [0.717, 1.165) is 63.7 Å². The summed E-state index contributed by atoms with van der Waals surface area (Å²) in [7, 11) is 0. The van der Waals surface area contributed by atoms with Crippen molar-refractivity contribution in [3.8, 4) is 33.4 Å². The summed E-state index contributed by atoms with van der Waals surface area (Å²) >= 11 is 0. The molecule has 3 aliphatic carbocycles. The molecule has 0 fully saturated rings. The number of fused-ring (bicyclic) bond motifs is 12. The van der Waals surface area contributed by atoms with E-state index >= 15 is 0 Å². The fourth-order valence-corrected chi connectivity index (χ4v) is 11.1. The molecular formula is C63H44N2O. The monoisotopic (exact) mass is 844 g/mol. The molecule has 0 saturated carbocycles. The summed E-state index contributed by atoms with van der Waals surface area (Å²) in [5.74, 6) is 0.974. The molecule has 10 aromatic rings. The Kier molecular flexibility index (Phi) is 8.89. The topological polar surface area (TPSA) is 19.6 Å². The second kappa shape index (κ2) is 15.4. The van der Waals surface area contributed by atoms with Gasteiger partial charge in [-0.3, -0.25) is 0 Å². The molecule has 66 heavy (non-hydrogen) atoms. The fraction of sp³-hybridized carbons (Fsp3) is 0.0476. The van der Waals surface area contributed by atoms with Gasteiger partial charge in [0.2, 0.25) is 0 Å². The van der Waals surface area contributed by atoms with Gasteiger partial charge in [0.25, 0.3) is 0 Å². The summed E-state index contributed by atoms with van der Waals surface area (Å²) in [6, 6.07) is 81.7. The molecular weight excluding hydrogens is 801 g/mol. The number of rotatable bonds is 8. The summed E-state index contributed by atoms with van der Waals surface area (Å²) in [4.78, 5) is 4.87. The molecule has 1 atom stereocenters. The first-order valence-corrected chi connectivity index (χ1v) is 23.0. The Morgan fingerprint density at radius 2 is 0.970 bits per heavy atom. The van der Waals surface area contributed by atoms with Gasteiger partial charge in [-0.15, -0.1) is 0 Å². The van der Waals surface area contributed by atoms with Crippen molar-refractivity contribution in [3.05, 3.63) is 271 Å². The first-order valence-electron chi connectivity index (χ1n) is 23.0. The van der Waals surface area contributed by atoms with Gasteiger partial charge in [0.15, 0.2) is 0 Å². The molecule has 3 heteroatoms. The number of para-hydroxylation sites is 4. The van der Waals surface area contributed by atoms with E-state index in [0.29, 0.717) is 0 Å². The lowest BCUT2D eigenvalue weighted by atomic mass is 9.73. The zero-order valence-electron chi connectivity index (χ0n) is 36.3. The zero-order chi connectivity index (χ0) is 43.6. The van der Waals surface area contributed by atoms with Crippen LogP contribution in [0.1, 0.15) is 40.9 Å². The number of hydrogen-bond donors (Lipinski definition) is 0. The van der Waals surface area contributed by atoms with Crippen LogP contribution < -0.4 is 9.80 Å². The second-order valence-electron chi connectivity index (χ2n) is 17.4. The third kappa shape index (κ3) is 5.76. The molecule has 1 heterocycles. The number of nitrogens with zero attached hydrogens (tertiary/aromatic N) is 2. The third-order valence-electron chi connectivity index (χ3n) is 13.9. The van der Waals surface area contributed by atoms with Gasteiger partial charge in [0, 0.05) is 44.8 Å². The molecule has 312 valence electrons. The van der Waals surface area contributed by atoms with Crippen LogP contribution in [0.25, 0.3) is 49.9 Å². The molecule has 0 aliphatic heterocycles. The van der Waals surface area contributed by atoms with Crippen molar-refractivity contribution >= 4 is 50.7 Å². The Bertz CT molecular complexity index is 3490. The molecule has 1 unspecified atom stereocenters. The largest absolute Gasteiger partial charge is 0.459 e. The van der Waals surface area contributed by atoms with E-state index in [2.05, 4.69) is 252 Å². The predicted octanol–water partition coefficient (Wildman–Crippen LogP) is 17.1. The molecule has 13 rings (SSSR count). The lowest BCUT2D eigenvalue weighted by Gasteiger charge is -2.32. The summed E-state index contributed by atoms with van der Waals surface area (Å²) < 4.78 is 7.30. The molecule has 0 bridgehead atoms. The number of anilines is 6. The number of benzene rings is 9. The number of allylic oxidation sites excluding steroid dienone is 4. The SMILES string of the molecule is C1=CC(c2ccccc2N(c2ccc(-c3ccccc3)cc2)c2ccc3c(c2)C2(c4ccccc4-c4c(N(c5ccccc5)c5ccccc5)cccc42)c2oc4ccccc4c2-3)=CCC1. The Morgan fingerprint density at radius 1 is 0.394 bits per heavy atom. The Morgan fingerprint density at radius 3 is 1.73 bits per heavy atom. The summed E-state index contributed by atoms with van der Waals surface area (Å²) in [6.07, 6.45) is 9.06. The van der Waals surface area contributed by atoms with Gasteiger partial charge in [-0.2, -0.15) is 0 Å². The molecule has 0 saturated heterocycles. The normalized spacial score (nSPS) is 15.2. The van der Waals surface area contributed by atoms with E-state index in [1.807, 2.05) is 0 Å².